The molecule has 1 aliphatic heterocycles. The standard InChI is InChI=1S/C31H31BrClFN4O7/c1-4-43-25-13-20(28-27(30(40)42-3)17(2)36-31(41)37-28)8-9-24(25)44-16-26(39)38-35-14-19-11-22(32)29(23(33)12-19)45-15-18-6-5-7-21(34)10-18/h5-14,26,28,38-39H,4,15-16H2,1-3H3,(H2,36,37,41)/b35-14-/t26-,28+/m0/s1. The molecular formula is C31H31BrClFN4O7. The van der Waals surface area contributed by atoms with Gasteiger partial charge in [0.2, 0.25) is 0 Å². The minimum Gasteiger partial charge on any atom is -0.490 e. The van der Waals surface area contributed by atoms with Crippen LogP contribution in [0, 0.1) is 5.82 Å². The Morgan fingerprint density at radius 3 is 2.69 bits per heavy atom. The maximum absolute atomic E-state index is 13.4. The number of nitrogens with one attached hydrogen (secondary N) is 3. The molecule has 3 aromatic rings. The van der Waals surface area contributed by atoms with Gasteiger partial charge in [-0.1, -0.05) is 29.8 Å². The van der Waals surface area contributed by atoms with Crippen LogP contribution in [0.1, 0.15) is 36.6 Å². The smallest absolute Gasteiger partial charge is 0.337 e. The Morgan fingerprint density at radius 2 is 1.98 bits per heavy atom. The van der Waals surface area contributed by atoms with E-state index < -0.39 is 24.3 Å². The van der Waals surface area contributed by atoms with Gasteiger partial charge in [-0.15, -0.1) is 0 Å². The summed E-state index contributed by atoms with van der Waals surface area (Å²) >= 11 is 9.83. The predicted octanol–water partition coefficient (Wildman–Crippen LogP) is 5.34. The van der Waals surface area contributed by atoms with Gasteiger partial charge in [0.05, 0.1) is 41.0 Å². The van der Waals surface area contributed by atoms with Crippen LogP contribution in [-0.4, -0.2) is 49.9 Å². The quantitative estimate of drug-likeness (QED) is 0.0809. The van der Waals surface area contributed by atoms with E-state index in [0.717, 1.165) is 0 Å². The summed E-state index contributed by atoms with van der Waals surface area (Å²) < 4.78 is 36.2. The molecule has 0 aromatic heterocycles. The summed E-state index contributed by atoms with van der Waals surface area (Å²) in [5.41, 5.74) is 5.05. The molecule has 4 N–H and O–H groups in total. The van der Waals surface area contributed by atoms with Crippen LogP contribution in [0.25, 0.3) is 0 Å². The fourth-order valence-electron chi connectivity index (χ4n) is 4.39. The number of methoxy groups -OCH3 is 1. The Labute approximate surface area is 272 Å². The lowest BCUT2D eigenvalue weighted by Crippen LogP contribution is -2.45. The van der Waals surface area contributed by atoms with Crippen molar-refractivity contribution in [2.45, 2.75) is 32.7 Å². The van der Waals surface area contributed by atoms with Gasteiger partial charge >= 0.3 is 12.0 Å². The van der Waals surface area contributed by atoms with Gasteiger partial charge in [-0.2, -0.15) is 5.10 Å². The second-order valence-corrected chi connectivity index (χ2v) is 10.9. The van der Waals surface area contributed by atoms with Gasteiger partial charge in [-0.3, -0.25) is 5.43 Å². The molecule has 0 saturated heterocycles. The third-order valence-electron chi connectivity index (χ3n) is 6.40. The van der Waals surface area contributed by atoms with E-state index in [2.05, 4.69) is 37.1 Å². The minimum atomic E-state index is -1.19. The van der Waals surface area contributed by atoms with Gasteiger partial charge < -0.3 is 34.7 Å². The fraction of sp³-hybridized carbons (Fsp3) is 0.258. The number of aliphatic hydroxyl groups is 1. The zero-order valence-corrected chi connectivity index (χ0v) is 26.9. The van der Waals surface area contributed by atoms with Crippen molar-refractivity contribution in [1.29, 1.82) is 0 Å². The van der Waals surface area contributed by atoms with Crippen LogP contribution in [-0.2, 0) is 16.1 Å². The summed E-state index contributed by atoms with van der Waals surface area (Å²) in [6.07, 6.45) is 0.265. The van der Waals surface area contributed by atoms with Crippen molar-refractivity contribution >= 4 is 45.7 Å². The largest absolute Gasteiger partial charge is 0.490 e. The topological polar surface area (TPSA) is 140 Å². The number of urea groups is 1. The van der Waals surface area contributed by atoms with Crippen molar-refractivity contribution in [3.63, 3.8) is 0 Å². The number of aliphatic hydroxyl groups excluding tert-OH is 1. The number of carbonyl (C=O) groups is 2. The Hall–Kier alpha value is -4.33. The SMILES string of the molecule is CCOc1cc([C@H]2NC(=O)NC(C)=C2C(=O)OC)ccc1OC[C@H](O)N/N=C\c1cc(Cl)c(OCc2cccc(F)c2)c(Br)c1. The first kappa shape index (κ1) is 33.6. The number of hydrogen-bond donors (Lipinski definition) is 4. The molecule has 1 aliphatic rings. The summed E-state index contributed by atoms with van der Waals surface area (Å²) in [4.78, 5) is 24.6. The molecule has 2 atom stereocenters. The van der Waals surface area contributed by atoms with Crippen molar-refractivity contribution < 1.29 is 38.0 Å². The summed E-state index contributed by atoms with van der Waals surface area (Å²) in [5, 5.41) is 20.1. The molecule has 3 aromatic carbocycles. The highest BCUT2D eigenvalue weighted by atomic mass is 79.9. The van der Waals surface area contributed by atoms with E-state index in [1.165, 1.54) is 25.5 Å². The summed E-state index contributed by atoms with van der Waals surface area (Å²) in [6.45, 7) is 3.67. The highest BCUT2D eigenvalue weighted by Gasteiger charge is 2.32. The van der Waals surface area contributed by atoms with Gasteiger partial charge in [-0.05, 0) is 82.9 Å². The molecule has 0 unspecified atom stereocenters. The maximum Gasteiger partial charge on any atom is 0.337 e. The normalized spacial score (nSPS) is 15.3. The molecule has 2 amide bonds. The second-order valence-electron chi connectivity index (χ2n) is 9.65. The van der Waals surface area contributed by atoms with Gasteiger partial charge in [0.1, 0.15) is 19.0 Å². The number of benzene rings is 3. The molecule has 0 radical (unpaired) electrons. The zero-order valence-electron chi connectivity index (χ0n) is 24.5. The van der Waals surface area contributed by atoms with Crippen LogP contribution in [0.5, 0.6) is 17.2 Å². The summed E-state index contributed by atoms with van der Waals surface area (Å²) in [5.74, 6) is 0.131. The Balaban J connectivity index is 1.37. The van der Waals surface area contributed by atoms with Crippen LogP contribution in [0.3, 0.4) is 0 Å². The first-order valence-corrected chi connectivity index (χ1v) is 14.9. The van der Waals surface area contributed by atoms with E-state index in [0.29, 0.717) is 55.7 Å². The molecule has 45 heavy (non-hydrogen) atoms. The lowest BCUT2D eigenvalue weighted by molar-refractivity contribution is -0.136. The maximum atomic E-state index is 13.4. The average molecular weight is 706 g/mol. The number of nitrogens with zero attached hydrogens (tertiary/aromatic N) is 1. The number of hydrazone groups is 1. The summed E-state index contributed by atoms with van der Waals surface area (Å²) in [6, 6.07) is 13.1. The van der Waals surface area contributed by atoms with E-state index in [-0.39, 0.29) is 24.6 Å². The first-order valence-electron chi connectivity index (χ1n) is 13.7. The van der Waals surface area contributed by atoms with Crippen molar-refractivity contribution in [3.8, 4) is 17.2 Å². The third kappa shape index (κ3) is 8.87. The van der Waals surface area contributed by atoms with Crippen LogP contribution in [0.2, 0.25) is 5.02 Å². The van der Waals surface area contributed by atoms with Crippen LogP contribution in [0.15, 0.2) is 75.4 Å². The molecule has 1 heterocycles. The predicted molar refractivity (Wildman–Crippen MR) is 169 cm³/mol. The number of amides is 2. The lowest BCUT2D eigenvalue weighted by atomic mass is 9.95. The van der Waals surface area contributed by atoms with Crippen LogP contribution >= 0.6 is 27.5 Å². The first-order chi connectivity index (χ1) is 21.6. The zero-order chi connectivity index (χ0) is 32.5. The number of rotatable bonds is 13. The van der Waals surface area contributed by atoms with E-state index >= 15 is 0 Å². The van der Waals surface area contributed by atoms with Gasteiger partial charge in [0.15, 0.2) is 23.5 Å². The van der Waals surface area contributed by atoms with Crippen molar-refractivity contribution in [3.05, 3.63) is 97.9 Å². The summed E-state index contributed by atoms with van der Waals surface area (Å²) in [7, 11) is 1.26. The number of hydrogen-bond acceptors (Lipinski definition) is 9. The molecule has 0 saturated carbocycles. The van der Waals surface area contributed by atoms with E-state index in [1.807, 2.05) is 0 Å². The Kier molecular flexibility index (Phi) is 11.6. The number of esters is 1. The monoisotopic (exact) mass is 704 g/mol. The second kappa shape index (κ2) is 15.6. The highest BCUT2D eigenvalue weighted by molar-refractivity contribution is 9.10. The molecule has 14 heteroatoms. The number of ether oxygens (including phenoxy) is 4. The lowest BCUT2D eigenvalue weighted by Gasteiger charge is -2.28. The molecule has 0 fully saturated rings. The fourth-order valence-corrected chi connectivity index (χ4v) is 5.38. The van der Waals surface area contributed by atoms with E-state index in [4.69, 9.17) is 30.5 Å². The van der Waals surface area contributed by atoms with Crippen molar-refractivity contribution in [1.82, 2.24) is 16.1 Å². The van der Waals surface area contributed by atoms with Crippen LogP contribution < -0.4 is 30.3 Å². The van der Waals surface area contributed by atoms with Gasteiger partial charge in [0.25, 0.3) is 0 Å². The van der Waals surface area contributed by atoms with E-state index in [9.17, 15) is 19.1 Å². The minimum absolute atomic E-state index is 0.130. The Bertz CT molecular complexity index is 1600. The number of carbonyl (C=O) groups excluding carboxylic acids is 2. The molecule has 0 bridgehead atoms. The van der Waals surface area contributed by atoms with Crippen molar-refractivity contribution in [2.75, 3.05) is 20.3 Å². The van der Waals surface area contributed by atoms with Crippen LogP contribution in [0.4, 0.5) is 9.18 Å². The van der Waals surface area contributed by atoms with Gasteiger partial charge in [-0.25, -0.2) is 14.0 Å². The average Bonchev–Trinajstić information content (AvgIpc) is 2.99. The number of halogens is 3. The van der Waals surface area contributed by atoms with E-state index in [1.54, 1.807) is 56.3 Å². The molecule has 0 aliphatic carbocycles. The third-order valence-corrected chi connectivity index (χ3v) is 7.27. The van der Waals surface area contributed by atoms with Gasteiger partial charge in [0, 0.05) is 5.70 Å². The molecule has 4 rings (SSSR count). The molecule has 0 spiro atoms. The highest BCUT2D eigenvalue weighted by Crippen LogP contribution is 2.36. The number of allylic oxidation sites excluding steroid dienone is 1. The molecule has 11 nitrogen and oxygen atoms in total. The Morgan fingerprint density at radius 1 is 1.18 bits per heavy atom. The van der Waals surface area contributed by atoms with Crippen molar-refractivity contribution in [2.24, 2.45) is 5.10 Å². The molecular weight excluding hydrogens is 675 g/mol. The molecule has 238 valence electrons.